The number of amides is 4. The first-order valence-corrected chi connectivity index (χ1v) is 7.70. The Morgan fingerprint density at radius 2 is 2.00 bits per heavy atom. The zero-order valence-electron chi connectivity index (χ0n) is 13.8. The maximum atomic E-state index is 12.9. The molecule has 124 valence electrons. The van der Waals surface area contributed by atoms with E-state index in [0.29, 0.717) is 18.8 Å². The molecule has 2 aliphatic rings. The molecule has 1 aromatic heterocycles. The van der Waals surface area contributed by atoms with Crippen molar-refractivity contribution in [3.8, 4) is 0 Å². The molecule has 0 aromatic carbocycles. The van der Waals surface area contributed by atoms with E-state index in [1.165, 1.54) is 0 Å². The number of hydrogen-bond acceptors (Lipinski definition) is 4. The van der Waals surface area contributed by atoms with Crippen molar-refractivity contribution >= 4 is 23.7 Å². The molecule has 0 spiro atoms. The van der Waals surface area contributed by atoms with Gasteiger partial charge in [0, 0.05) is 19.7 Å². The highest BCUT2D eigenvalue weighted by molar-refractivity contribution is 6.11. The second-order valence-electron chi connectivity index (χ2n) is 6.65. The van der Waals surface area contributed by atoms with Crippen molar-refractivity contribution in [2.75, 3.05) is 11.4 Å². The van der Waals surface area contributed by atoms with Gasteiger partial charge in [0.15, 0.2) is 0 Å². The van der Waals surface area contributed by atoms with E-state index in [-0.39, 0.29) is 11.8 Å². The van der Waals surface area contributed by atoms with Crippen LogP contribution >= 0.6 is 0 Å². The Balaban J connectivity index is 1.90. The molecule has 2 aliphatic heterocycles. The minimum atomic E-state index is -0.969. The molecule has 0 bridgehead atoms. The first-order chi connectivity index (χ1) is 10.7. The summed E-state index contributed by atoms with van der Waals surface area (Å²) in [6, 6.07) is 0.574. The molecule has 3 heterocycles. The highest BCUT2D eigenvalue weighted by Crippen LogP contribution is 2.28. The van der Waals surface area contributed by atoms with Crippen molar-refractivity contribution in [1.82, 2.24) is 20.0 Å². The lowest BCUT2D eigenvalue weighted by atomic mass is 10.0. The molecule has 1 atom stereocenters. The topological polar surface area (TPSA) is 87.5 Å². The molecule has 2 fully saturated rings. The van der Waals surface area contributed by atoms with Gasteiger partial charge in [-0.05, 0) is 33.6 Å². The molecule has 2 saturated heterocycles. The first-order valence-electron chi connectivity index (χ1n) is 7.70. The summed E-state index contributed by atoms with van der Waals surface area (Å²) in [5.41, 5.74) is -0.156. The van der Waals surface area contributed by atoms with Gasteiger partial charge in [-0.25, -0.2) is 9.69 Å². The Hall–Kier alpha value is -2.38. The Labute approximate surface area is 134 Å². The van der Waals surface area contributed by atoms with Crippen LogP contribution in [0.15, 0.2) is 6.07 Å². The normalized spacial score (nSPS) is 24.3. The molecule has 8 heteroatoms. The predicted molar refractivity (Wildman–Crippen MR) is 82.8 cm³/mol. The second kappa shape index (κ2) is 5.07. The minimum Gasteiger partial charge on any atom is -0.324 e. The predicted octanol–water partition coefficient (Wildman–Crippen LogP) is 0.554. The van der Waals surface area contributed by atoms with Crippen LogP contribution in [0.25, 0.3) is 0 Å². The van der Waals surface area contributed by atoms with Gasteiger partial charge in [0.25, 0.3) is 11.8 Å². The lowest BCUT2D eigenvalue weighted by molar-refractivity contribution is -0.137. The van der Waals surface area contributed by atoms with Crippen molar-refractivity contribution in [2.24, 2.45) is 7.05 Å². The maximum Gasteiger partial charge on any atom is 0.325 e. The quantitative estimate of drug-likeness (QED) is 0.807. The average molecular weight is 319 g/mol. The highest BCUT2D eigenvalue weighted by Gasteiger charge is 2.50. The van der Waals surface area contributed by atoms with Gasteiger partial charge in [-0.2, -0.15) is 5.10 Å². The van der Waals surface area contributed by atoms with Crippen LogP contribution in [-0.2, 0) is 16.6 Å². The van der Waals surface area contributed by atoms with Crippen LogP contribution in [0.4, 0.5) is 10.6 Å². The summed E-state index contributed by atoms with van der Waals surface area (Å²) in [5.74, 6) is 0.0906. The van der Waals surface area contributed by atoms with E-state index >= 15 is 0 Å². The molecule has 0 saturated carbocycles. The monoisotopic (exact) mass is 319 g/mol. The minimum absolute atomic E-state index is 0.236. The lowest BCUT2D eigenvalue weighted by Crippen LogP contribution is -2.55. The van der Waals surface area contributed by atoms with E-state index in [0.717, 1.165) is 17.0 Å². The number of nitrogens with zero attached hydrogens (tertiary/aromatic N) is 4. The maximum absolute atomic E-state index is 12.9. The number of imide groups is 1. The number of aromatic nitrogens is 2. The van der Waals surface area contributed by atoms with Crippen LogP contribution < -0.4 is 10.2 Å². The molecule has 1 aromatic rings. The summed E-state index contributed by atoms with van der Waals surface area (Å²) in [7, 11) is 1.77. The fourth-order valence-corrected chi connectivity index (χ4v) is 3.23. The number of aryl methyl sites for hydroxylation is 2. The number of nitrogens with one attached hydrogen (secondary N) is 1. The van der Waals surface area contributed by atoms with E-state index in [1.54, 1.807) is 30.5 Å². The molecule has 1 unspecified atom stereocenters. The molecular weight excluding hydrogens is 298 g/mol. The number of hydrogen-bond donors (Lipinski definition) is 1. The molecule has 3 rings (SSSR count). The number of anilines is 1. The van der Waals surface area contributed by atoms with Gasteiger partial charge >= 0.3 is 6.03 Å². The third kappa shape index (κ3) is 2.38. The van der Waals surface area contributed by atoms with Crippen molar-refractivity contribution in [3.63, 3.8) is 0 Å². The fraction of sp³-hybridized carbons (Fsp3) is 0.600. The SMILES string of the molecule is Cc1cc(N2CCCC(N3C(=O)NC(C)(C)C3=O)C2=O)n(C)n1. The zero-order chi connectivity index (χ0) is 16.9. The van der Waals surface area contributed by atoms with Crippen LogP contribution in [0, 0.1) is 6.92 Å². The van der Waals surface area contributed by atoms with Gasteiger partial charge in [-0.15, -0.1) is 0 Å². The summed E-state index contributed by atoms with van der Waals surface area (Å²) >= 11 is 0. The molecular formula is C15H21N5O3. The Kier molecular flexibility index (Phi) is 3.42. The average Bonchev–Trinajstić information content (AvgIpc) is 2.88. The molecule has 8 nitrogen and oxygen atoms in total. The lowest BCUT2D eigenvalue weighted by Gasteiger charge is -2.35. The van der Waals surface area contributed by atoms with Gasteiger partial charge in [-0.3, -0.25) is 19.2 Å². The third-order valence-corrected chi connectivity index (χ3v) is 4.37. The standard InChI is InChI=1S/C15H21N5O3/c1-9-8-11(18(4)17-9)19-7-5-6-10(12(19)21)20-13(22)15(2,3)16-14(20)23/h8,10H,5-7H2,1-4H3,(H,16,23). The largest absolute Gasteiger partial charge is 0.325 e. The van der Waals surface area contributed by atoms with E-state index in [1.807, 2.05) is 13.0 Å². The summed E-state index contributed by atoms with van der Waals surface area (Å²) in [6.07, 6.45) is 1.21. The zero-order valence-corrected chi connectivity index (χ0v) is 13.8. The number of carbonyl (C=O) groups is 3. The highest BCUT2D eigenvalue weighted by atomic mass is 16.2. The molecule has 0 radical (unpaired) electrons. The van der Waals surface area contributed by atoms with Crippen molar-refractivity contribution in [3.05, 3.63) is 11.8 Å². The van der Waals surface area contributed by atoms with Crippen molar-refractivity contribution in [1.29, 1.82) is 0 Å². The van der Waals surface area contributed by atoms with Crippen molar-refractivity contribution in [2.45, 2.75) is 45.2 Å². The van der Waals surface area contributed by atoms with E-state index in [2.05, 4.69) is 10.4 Å². The number of urea groups is 1. The summed E-state index contributed by atoms with van der Waals surface area (Å²) < 4.78 is 1.64. The van der Waals surface area contributed by atoms with E-state index < -0.39 is 17.6 Å². The van der Waals surface area contributed by atoms with Crippen LogP contribution in [0.5, 0.6) is 0 Å². The van der Waals surface area contributed by atoms with Crippen LogP contribution in [0.2, 0.25) is 0 Å². The number of piperidine rings is 1. The van der Waals surface area contributed by atoms with Crippen LogP contribution in [0.3, 0.4) is 0 Å². The molecule has 0 aliphatic carbocycles. The number of rotatable bonds is 2. The van der Waals surface area contributed by atoms with Gasteiger partial charge in [-0.1, -0.05) is 0 Å². The summed E-state index contributed by atoms with van der Waals surface area (Å²) in [5, 5.41) is 6.89. The first kappa shape index (κ1) is 15.5. The van der Waals surface area contributed by atoms with E-state index in [4.69, 9.17) is 0 Å². The molecule has 23 heavy (non-hydrogen) atoms. The number of carbonyl (C=O) groups excluding carboxylic acids is 3. The van der Waals surface area contributed by atoms with Gasteiger partial charge in [0.05, 0.1) is 5.69 Å². The summed E-state index contributed by atoms with van der Waals surface area (Å²) in [4.78, 5) is 40.2. The Morgan fingerprint density at radius 1 is 1.30 bits per heavy atom. The molecule has 1 N–H and O–H groups in total. The van der Waals surface area contributed by atoms with Crippen molar-refractivity contribution < 1.29 is 14.4 Å². The third-order valence-electron chi connectivity index (χ3n) is 4.37. The van der Waals surface area contributed by atoms with E-state index in [9.17, 15) is 14.4 Å². The Morgan fingerprint density at radius 3 is 2.52 bits per heavy atom. The molecule has 4 amide bonds. The Bertz CT molecular complexity index is 693. The van der Waals surface area contributed by atoms with Crippen LogP contribution in [0.1, 0.15) is 32.4 Å². The summed E-state index contributed by atoms with van der Waals surface area (Å²) in [6.45, 7) is 5.70. The fourth-order valence-electron chi connectivity index (χ4n) is 3.23. The van der Waals surface area contributed by atoms with Gasteiger partial charge < -0.3 is 5.32 Å². The smallest absolute Gasteiger partial charge is 0.324 e. The second-order valence-corrected chi connectivity index (χ2v) is 6.65. The van der Waals surface area contributed by atoms with Gasteiger partial charge in [0.1, 0.15) is 17.4 Å². The van der Waals surface area contributed by atoms with Crippen LogP contribution in [-0.4, -0.2) is 50.7 Å². The van der Waals surface area contributed by atoms with Gasteiger partial charge in [0.2, 0.25) is 0 Å².